The number of carbonyl (C=O) groups is 1. The lowest BCUT2D eigenvalue weighted by molar-refractivity contribution is -0.125. The van der Waals surface area contributed by atoms with Crippen molar-refractivity contribution in [2.45, 2.75) is 25.8 Å². The van der Waals surface area contributed by atoms with Gasteiger partial charge in [-0.15, -0.1) is 0 Å². The van der Waals surface area contributed by atoms with Gasteiger partial charge in [-0.1, -0.05) is 18.2 Å². The number of amides is 1. The molecule has 0 fully saturated rings. The molecule has 0 bridgehead atoms. The largest absolute Gasteiger partial charge is 0.352 e. The van der Waals surface area contributed by atoms with Crippen LogP contribution in [0.4, 0.5) is 0 Å². The van der Waals surface area contributed by atoms with Crippen molar-refractivity contribution in [3.63, 3.8) is 0 Å². The van der Waals surface area contributed by atoms with Crippen molar-refractivity contribution in [2.24, 2.45) is 5.92 Å². The molecule has 1 amide bonds. The molecule has 0 saturated heterocycles. The van der Waals surface area contributed by atoms with E-state index in [1.54, 1.807) is 0 Å². The van der Waals surface area contributed by atoms with Gasteiger partial charge in [0.05, 0.1) is 11.0 Å². The highest BCUT2D eigenvalue weighted by molar-refractivity contribution is 5.79. The molecule has 2 aromatic rings. The Kier molecular flexibility index (Phi) is 3.41. The molecule has 0 spiro atoms. The minimum absolute atomic E-state index is 0.0933. The van der Waals surface area contributed by atoms with Crippen LogP contribution in [0, 0.1) is 5.92 Å². The second-order valence-electron chi connectivity index (χ2n) is 5.16. The summed E-state index contributed by atoms with van der Waals surface area (Å²) in [6, 6.07) is 5.64. The number of carbonyl (C=O) groups excluding carboxylic acids is 1. The van der Waals surface area contributed by atoms with Crippen LogP contribution in [0.25, 0.3) is 11.0 Å². The normalized spacial score (nSPS) is 18.3. The maximum atomic E-state index is 12.0. The lowest BCUT2D eigenvalue weighted by atomic mass is 9.93. The average molecular weight is 271 g/mol. The molecule has 1 aliphatic rings. The van der Waals surface area contributed by atoms with Gasteiger partial charge in [0, 0.05) is 12.5 Å². The molecule has 1 aromatic heterocycles. The molecule has 1 aliphatic carbocycles. The van der Waals surface area contributed by atoms with E-state index < -0.39 is 0 Å². The maximum absolute atomic E-state index is 12.0. The molecular weight excluding hydrogens is 254 g/mol. The number of nitrogens with one attached hydrogen (secondary N) is 3. The van der Waals surface area contributed by atoms with Gasteiger partial charge in [0.2, 0.25) is 5.91 Å². The lowest BCUT2D eigenvalue weighted by Gasteiger charge is -2.17. The van der Waals surface area contributed by atoms with Crippen molar-refractivity contribution in [1.29, 1.82) is 0 Å². The van der Waals surface area contributed by atoms with Crippen molar-refractivity contribution in [1.82, 2.24) is 15.3 Å². The summed E-state index contributed by atoms with van der Waals surface area (Å²) in [4.78, 5) is 28.6. The van der Waals surface area contributed by atoms with E-state index in [1.807, 2.05) is 18.2 Å². The molecule has 0 aliphatic heterocycles. The van der Waals surface area contributed by atoms with Crippen molar-refractivity contribution in [2.75, 3.05) is 0 Å². The van der Waals surface area contributed by atoms with E-state index in [-0.39, 0.29) is 17.5 Å². The van der Waals surface area contributed by atoms with Crippen molar-refractivity contribution in [3.05, 3.63) is 46.4 Å². The SMILES string of the molecule is O=C(NCc1ccc2[nH]c(=O)[nH]c2c1)[C@@H]1CC=CCC1. The zero-order valence-electron chi connectivity index (χ0n) is 11.1. The van der Waals surface area contributed by atoms with E-state index in [0.717, 1.165) is 35.9 Å². The minimum Gasteiger partial charge on any atom is -0.352 e. The van der Waals surface area contributed by atoms with Gasteiger partial charge in [0.15, 0.2) is 0 Å². The Labute approximate surface area is 116 Å². The molecule has 0 unspecified atom stereocenters. The second-order valence-corrected chi connectivity index (χ2v) is 5.16. The highest BCUT2D eigenvalue weighted by Gasteiger charge is 2.18. The second kappa shape index (κ2) is 5.36. The van der Waals surface area contributed by atoms with Crippen LogP contribution in [-0.4, -0.2) is 15.9 Å². The Morgan fingerprint density at radius 3 is 2.90 bits per heavy atom. The third kappa shape index (κ3) is 2.66. The van der Waals surface area contributed by atoms with Crippen LogP contribution >= 0.6 is 0 Å². The summed E-state index contributed by atoms with van der Waals surface area (Å²) >= 11 is 0. The number of allylic oxidation sites excluding steroid dienone is 2. The summed E-state index contributed by atoms with van der Waals surface area (Å²) in [6.07, 6.45) is 6.93. The predicted octanol–water partition coefficient (Wildman–Crippen LogP) is 1.83. The maximum Gasteiger partial charge on any atom is 0.323 e. The third-order valence-corrected chi connectivity index (χ3v) is 3.69. The van der Waals surface area contributed by atoms with Gasteiger partial charge in [-0.05, 0) is 37.0 Å². The first-order valence-corrected chi connectivity index (χ1v) is 6.86. The number of imidazole rings is 1. The summed E-state index contributed by atoms with van der Waals surface area (Å²) in [6.45, 7) is 0.488. The lowest BCUT2D eigenvalue weighted by Crippen LogP contribution is -2.30. The molecule has 1 atom stereocenters. The number of aromatic nitrogens is 2. The summed E-state index contributed by atoms with van der Waals surface area (Å²) < 4.78 is 0. The van der Waals surface area contributed by atoms with Crippen LogP contribution in [0.5, 0.6) is 0 Å². The van der Waals surface area contributed by atoms with Crippen molar-refractivity contribution in [3.8, 4) is 0 Å². The highest BCUT2D eigenvalue weighted by atomic mass is 16.2. The monoisotopic (exact) mass is 271 g/mol. The first-order valence-electron chi connectivity index (χ1n) is 6.86. The molecule has 0 saturated carbocycles. The Hall–Kier alpha value is -2.30. The zero-order valence-corrected chi connectivity index (χ0v) is 11.1. The number of benzene rings is 1. The van der Waals surface area contributed by atoms with Gasteiger partial charge < -0.3 is 15.3 Å². The van der Waals surface area contributed by atoms with E-state index in [0.29, 0.717) is 6.54 Å². The molecular formula is C15H17N3O2. The molecule has 5 heteroatoms. The van der Waals surface area contributed by atoms with Gasteiger partial charge in [0.25, 0.3) is 0 Å². The smallest absolute Gasteiger partial charge is 0.323 e. The molecule has 5 nitrogen and oxygen atoms in total. The van der Waals surface area contributed by atoms with Crippen LogP contribution in [0.3, 0.4) is 0 Å². The third-order valence-electron chi connectivity index (χ3n) is 3.69. The molecule has 1 aromatic carbocycles. The van der Waals surface area contributed by atoms with Crippen LogP contribution in [0.15, 0.2) is 35.1 Å². The van der Waals surface area contributed by atoms with Crippen LogP contribution in [0.2, 0.25) is 0 Å². The van der Waals surface area contributed by atoms with Gasteiger partial charge in [0.1, 0.15) is 0 Å². The van der Waals surface area contributed by atoms with Crippen LogP contribution in [-0.2, 0) is 11.3 Å². The van der Waals surface area contributed by atoms with Gasteiger partial charge in [-0.3, -0.25) is 4.79 Å². The fourth-order valence-corrected chi connectivity index (χ4v) is 2.55. The quantitative estimate of drug-likeness (QED) is 0.745. The number of hydrogen-bond acceptors (Lipinski definition) is 2. The fourth-order valence-electron chi connectivity index (χ4n) is 2.55. The van der Waals surface area contributed by atoms with Gasteiger partial charge >= 0.3 is 5.69 Å². The minimum atomic E-state index is -0.213. The summed E-state index contributed by atoms with van der Waals surface area (Å²) in [7, 11) is 0. The van der Waals surface area contributed by atoms with Crippen LogP contribution in [0.1, 0.15) is 24.8 Å². The first kappa shape index (κ1) is 12.7. The molecule has 3 rings (SSSR count). The number of rotatable bonds is 3. The van der Waals surface area contributed by atoms with Crippen molar-refractivity contribution < 1.29 is 4.79 Å². The Morgan fingerprint density at radius 2 is 2.10 bits per heavy atom. The van der Waals surface area contributed by atoms with E-state index in [2.05, 4.69) is 27.4 Å². The summed E-state index contributed by atoms with van der Waals surface area (Å²) in [5.41, 5.74) is 2.31. The Bertz CT molecular complexity index is 711. The van der Waals surface area contributed by atoms with E-state index in [1.165, 1.54) is 0 Å². The zero-order chi connectivity index (χ0) is 13.9. The number of hydrogen-bond donors (Lipinski definition) is 3. The Balaban J connectivity index is 1.65. The molecule has 1 heterocycles. The van der Waals surface area contributed by atoms with E-state index in [4.69, 9.17) is 0 Å². The number of H-pyrrole nitrogens is 2. The summed E-state index contributed by atoms with van der Waals surface area (Å²) in [5.74, 6) is 0.202. The average Bonchev–Trinajstić information content (AvgIpc) is 2.85. The Morgan fingerprint density at radius 1 is 1.25 bits per heavy atom. The fraction of sp³-hybridized carbons (Fsp3) is 0.333. The highest BCUT2D eigenvalue weighted by Crippen LogP contribution is 2.18. The van der Waals surface area contributed by atoms with Crippen molar-refractivity contribution >= 4 is 16.9 Å². The van der Waals surface area contributed by atoms with Gasteiger partial charge in [-0.25, -0.2) is 4.79 Å². The molecule has 104 valence electrons. The standard InChI is InChI=1S/C15H17N3O2/c19-14(11-4-2-1-3-5-11)16-9-10-6-7-12-13(8-10)18-15(20)17-12/h1-2,6-8,11H,3-5,9H2,(H,16,19)(H2,17,18,20)/t11-/m1/s1. The first-order chi connectivity index (χ1) is 9.72. The van der Waals surface area contributed by atoms with E-state index in [9.17, 15) is 9.59 Å². The number of aromatic amines is 2. The molecule has 3 N–H and O–H groups in total. The van der Waals surface area contributed by atoms with E-state index >= 15 is 0 Å². The van der Waals surface area contributed by atoms with Gasteiger partial charge in [-0.2, -0.15) is 0 Å². The number of fused-ring (bicyclic) bond motifs is 1. The topological polar surface area (TPSA) is 77.8 Å². The molecule has 20 heavy (non-hydrogen) atoms. The summed E-state index contributed by atoms with van der Waals surface area (Å²) in [5, 5.41) is 2.97. The molecule has 0 radical (unpaired) electrons. The van der Waals surface area contributed by atoms with Crippen LogP contribution < -0.4 is 11.0 Å². The predicted molar refractivity (Wildman–Crippen MR) is 77.2 cm³/mol.